The van der Waals surface area contributed by atoms with Crippen LogP contribution in [0.1, 0.15) is 18.5 Å². The van der Waals surface area contributed by atoms with Crippen LogP contribution in [0.5, 0.6) is 0 Å². The molecule has 8 heteroatoms. The Bertz CT molecular complexity index is 437. The minimum absolute atomic E-state index is 0.140. The normalized spacial score (nSPS) is 13.2. The molecule has 1 atom stereocenters. The van der Waals surface area contributed by atoms with E-state index in [0.29, 0.717) is 0 Å². The molecule has 0 amide bonds. The molecule has 0 aromatic carbocycles. The monoisotopic (exact) mass is 298 g/mol. The molecule has 0 fully saturated rings. The number of aromatic nitrogens is 1. The molecule has 2 N–H and O–H groups in total. The SMILES string of the molecule is CCOC(=O)C(F)(F)[C@H](N)c1c(Cl)cncc1Cl. The van der Waals surface area contributed by atoms with Crippen molar-refractivity contribution >= 4 is 29.2 Å². The molecule has 0 aliphatic rings. The van der Waals surface area contributed by atoms with E-state index in [1.54, 1.807) is 0 Å². The van der Waals surface area contributed by atoms with Crippen LogP contribution in [0.25, 0.3) is 0 Å². The molecule has 0 saturated heterocycles. The highest BCUT2D eigenvalue weighted by molar-refractivity contribution is 6.35. The molecular weight excluding hydrogens is 289 g/mol. The van der Waals surface area contributed by atoms with Crippen LogP contribution in [-0.4, -0.2) is 23.5 Å². The van der Waals surface area contributed by atoms with E-state index in [0.717, 1.165) is 12.4 Å². The van der Waals surface area contributed by atoms with Gasteiger partial charge in [-0.25, -0.2) is 4.79 Å². The molecule has 1 aromatic heterocycles. The Morgan fingerprint density at radius 1 is 1.50 bits per heavy atom. The Morgan fingerprint density at radius 2 is 2.00 bits per heavy atom. The number of esters is 1. The summed E-state index contributed by atoms with van der Waals surface area (Å²) >= 11 is 11.4. The van der Waals surface area contributed by atoms with Crippen LogP contribution in [0.4, 0.5) is 8.78 Å². The van der Waals surface area contributed by atoms with Crippen LogP contribution >= 0.6 is 23.2 Å². The number of hydrogen-bond acceptors (Lipinski definition) is 4. The molecule has 0 aliphatic carbocycles. The zero-order valence-electron chi connectivity index (χ0n) is 9.29. The van der Waals surface area contributed by atoms with Gasteiger partial charge in [0.2, 0.25) is 0 Å². The Morgan fingerprint density at radius 3 is 2.44 bits per heavy atom. The lowest BCUT2D eigenvalue weighted by molar-refractivity contribution is -0.174. The number of rotatable bonds is 4. The summed E-state index contributed by atoms with van der Waals surface area (Å²) in [5.74, 6) is -5.65. The second-order valence-corrected chi connectivity index (χ2v) is 4.15. The molecule has 0 aliphatic heterocycles. The minimum Gasteiger partial charge on any atom is -0.462 e. The number of carbonyl (C=O) groups is 1. The van der Waals surface area contributed by atoms with Gasteiger partial charge in [-0.2, -0.15) is 8.78 Å². The third kappa shape index (κ3) is 2.88. The van der Waals surface area contributed by atoms with Crippen molar-refractivity contribution in [2.45, 2.75) is 18.9 Å². The van der Waals surface area contributed by atoms with Gasteiger partial charge < -0.3 is 10.5 Å². The molecule has 4 nitrogen and oxygen atoms in total. The second-order valence-electron chi connectivity index (χ2n) is 3.34. The Kier molecular flexibility index (Phi) is 4.84. The van der Waals surface area contributed by atoms with E-state index in [-0.39, 0.29) is 22.2 Å². The van der Waals surface area contributed by atoms with Gasteiger partial charge in [0.1, 0.15) is 6.04 Å². The largest absolute Gasteiger partial charge is 0.462 e. The molecule has 0 saturated carbocycles. The standard InChI is InChI=1S/C10H10Cl2F2N2O2/c1-2-18-9(17)10(13,14)8(15)7-5(11)3-16-4-6(7)12/h3-4,8H,2,15H2,1H3/t8-/m1/s1. The van der Waals surface area contributed by atoms with E-state index in [4.69, 9.17) is 28.9 Å². The van der Waals surface area contributed by atoms with Crippen molar-refractivity contribution in [3.63, 3.8) is 0 Å². The third-order valence-electron chi connectivity index (χ3n) is 2.14. The van der Waals surface area contributed by atoms with Crippen LogP contribution in [0.3, 0.4) is 0 Å². The molecular formula is C10H10Cl2F2N2O2. The first-order chi connectivity index (χ1) is 8.32. The van der Waals surface area contributed by atoms with Gasteiger partial charge in [0.25, 0.3) is 0 Å². The number of hydrogen-bond donors (Lipinski definition) is 1. The summed E-state index contributed by atoms with van der Waals surface area (Å²) in [6.45, 7) is 1.23. The smallest absolute Gasteiger partial charge is 0.379 e. The Labute approximate surface area is 112 Å². The zero-order valence-corrected chi connectivity index (χ0v) is 10.8. The van der Waals surface area contributed by atoms with Gasteiger partial charge in [0.05, 0.1) is 16.7 Å². The number of alkyl halides is 2. The van der Waals surface area contributed by atoms with Crippen LogP contribution < -0.4 is 5.73 Å². The second kappa shape index (κ2) is 5.77. The number of nitrogens with zero attached hydrogens (tertiary/aromatic N) is 1. The number of carbonyl (C=O) groups excluding carboxylic acids is 1. The number of halogens is 4. The molecule has 18 heavy (non-hydrogen) atoms. The number of pyridine rings is 1. The first kappa shape index (κ1) is 15.1. The summed E-state index contributed by atoms with van der Waals surface area (Å²) in [5, 5.41) is -0.280. The first-order valence-corrected chi connectivity index (χ1v) is 5.67. The van der Waals surface area contributed by atoms with E-state index in [1.807, 2.05) is 0 Å². The highest BCUT2D eigenvalue weighted by Crippen LogP contribution is 2.37. The molecule has 0 bridgehead atoms. The number of nitrogens with two attached hydrogens (primary N) is 1. The fourth-order valence-corrected chi connectivity index (χ4v) is 1.85. The number of ether oxygens (including phenoxy) is 1. The summed E-state index contributed by atoms with van der Waals surface area (Å²) in [4.78, 5) is 14.8. The van der Waals surface area contributed by atoms with Crippen molar-refractivity contribution in [1.29, 1.82) is 0 Å². The lowest BCUT2D eigenvalue weighted by Crippen LogP contribution is -2.42. The van der Waals surface area contributed by atoms with Gasteiger partial charge in [-0.1, -0.05) is 23.2 Å². The first-order valence-electron chi connectivity index (χ1n) is 4.91. The van der Waals surface area contributed by atoms with Crippen LogP contribution in [0, 0.1) is 0 Å². The van der Waals surface area contributed by atoms with Gasteiger partial charge in [-0.15, -0.1) is 0 Å². The maximum Gasteiger partial charge on any atom is 0.379 e. The summed E-state index contributed by atoms with van der Waals surface area (Å²) in [6.07, 6.45) is 2.23. The Hall–Kier alpha value is -0.980. The maximum absolute atomic E-state index is 13.7. The topological polar surface area (TPSA) is 65.2 Å². The molecule has 1 rings (SSSR count). The molecule has 100 valence electrons. The molecule has 0 unspecified atom stereocenters. The van der Waals surface area contributed by atoms with Crippen molar-refractivity contribution in [3.8, 4) is 0 Å². The van der Waals surface area contributed by atoms with E-state index in [2.05, 4.69) is 9.72 Å². The Balaban J connectivity index is 3.13. The van der Waals surface area contributed by atoms with Crippen molar-refractivity contribution < 1.29 is 18.3 Å². The van der Waals surface area contributed by atoms with E-state index < -0.39 is 17.9 Å². The van der Waals surface area contributed by atoms with E-state index in [1.165, 1.54) is 6.92 Å². The maximum atomic E-state index is 13.7. The summed E-state index contributed by atoms with van der Waals surface area (Å²) < 4.78 is 31.7. The van der Waals surface area contributed by atoms with Gasteiger partial charge in [-0.05, 0) is 6.92 Å². The fraction of sp³-hybridized carbons (Fsp3) is 0.400. The molecule has 1 heterocycles. The van der Waals surface area contributed by atoms with Gasteiger partial charge in [0, 0.05) is 18.0 Å². The summed E-state index contributed by atoms with van der Waals surface area (Å²) in [7, 11) is 0. The van der Waals surface area contributed by atoms with Crippen LogP contribution in [-0.2, 0) is 9.53 Å². The molecule has 0 radical (unpaired) electrons. The lowest BCUT2D eigenvalue weighted by Gasteiger charge is -2.23. The predicted octanol–water partition coefficient (Wildman–Crippen LogP) is 2.59. The predicted molar refractivity (Wildman–Crippen MR) is 62.8 cm³/mol. The average molecular weight is 299 g/mol. The average Bonchev–Trinajstić information content (AvgIpc) is 2.28. The van der Waals surface area contributed by atoms with E-state index >= 15 is 0 Å². The van der Waals surface area contributed by atoms with Gasteiger partial charge >= 0.3 is 11.9 Å². The quantitative estimate of drug-likeness (QED) is 0.868. The van der Waals surface area contributed by atoms with Crippen molar-refractivity contribution in [2.24, 2.45) is 5.73 Å². The summed E-state index contributed by atoms with van der Waals surface area (Å²) in [5.41, 5.74) is 5.11. The highest BCUT2D eigenvalue weighted by atomic mass is 35.5. The molecule has 0 spiro atoms. The van der Waals surface area contributed by atoms with Crippen LogP contribution in [0.2, 0.25) is 10.0 Å². The van der Waals surface area contributed by atoms with E-state index in [9.17, 15) is 13.6 Å². The molecule has 1 aromatic rings. The van der Waals surface area contributed by atoms with Crippen molar-refractivity contribution in [1.82, 2.24) is 4.98 Å². The summed E-state index contributed by atoms with van der Waals surface area (Å²) in [6, 6.07) is -2.00. The van der Waals surface area contributed by atoms with Crippen molar-refractivity contribution in [3.05, 3.63) is 28.0 Å². The van der Waals surface area contributed by atoms with Crippen LogP contribution in [0.15, 0.2) is 12.4 Å². The van der Waals surface area contributed by atoms with Gasteiger partial charge in [-0.3, -0.25) is 4.98 Å². The minimum atomic E-state index is -3.93. The highest BCUT2D eigenvalue weighted by Gasteiger charge is 2.49. The fourth-order valence-electron chi connectivity index (χ4n) is 1.25. The van der Waals surface area contributed by atoms with Gasteiger partial charge in [0.15, 0.2) is 0 Å². The van der Waals surface area contributed by atoms with Crippen molar-refractivity contribution in [2.75, 3.05) is 6.61 Å². The lowest BCUT2D eigenvalue weighted by atomic mass is 10.0. The zero-order chi connectivity index (χ0) is 13.9. The third-order valence-corrected chi connectivity index (χ3v) is 2.74.